The number of allylic oxidation sites excluding steroid dienone is 1. The van der Waals surface area contributed by atoms with Gasteiger partial charge in [-0.2, -0.15) is 0 Å². The van der Waals surface area contributed by atoms with Crippen molar-refractivity contribution in [1.82, 2.24) is 4.57 Å². The average Bonchev–Trinajstić information content (AvgIpc) is 3.50. The number of methoxy groups -OCH3 is 1. The van der Waals surface area contributed by atoms with E-state index in [9.17, 15) is 14.4 Å². The summed E-state index contributed by atoms with van der Waals surface area (Å²) < 4.78 is 19.3. The Hall–Kier alpha value is -6.52. The van der Waals surface area contributed by atoms with Crippen molar-refractivity contribution in [2.75, 3.05) is 13.7 Å². The van der Waals surface area contributed by atoms with E-state index >= 15 is 0 Å². The highest BCUT2D eigenvalue weighted by atomic mass is 32.1. The normalized spacial score (nSPS) is 14.7. The molecule has 0 radical (unpaired) electrons. The minimum Gasteiger partial charge on any atom is -0.496 e. The topological polar surface area (TPSA) is 116 Å². The number of carboxylic acid groups (broad SMARTS) is 1. The molecule has 0 spiro atoms. The van der Waals surface area contributed by atoms with Crippen LogP contribution in [0, 0.1) is 0 Å². The number of para-hydroxylation sites is 1. The third-order valence-electron chi connectivity index (χ3n) is 9.33. The van der Waals surface area contributed by atoms with E-state index in [0.29, 0.717) is 50.6 Å². The lowest BCUT2D eigenvalue weighted by Crippen LogP contribution is -2.39. The standard InChI is InChI=1S/C43H32N2O7S/c1-50-36-17-8-7-16-34(36)40-35-20-18-28-24-30(52-42(49)33-15-6-5-14-31(33)27-11-3-2-4-12-27)19-21-32(28)39(35)44-43-45(40)41(48)37(53-43)23-26-10-9-13-29(22-26)51-25-38(46)47/h2-17,19,21-24,40H,18,20,25H2,1H3,(H,46,47)/b37-23-. The van der Waals surface area contributed by atoms with Gasteiger partial charge >= 0.3 is 11.9 Å². The van der Waals surface area contributed by atoms with Crippen molar-refractivity contribution in [3.63, 3.8) is 0 Å². The molecule has 0 fully saturated rings. The number of ether oxygens (including phenoxy) is 3. The highest BCUT2D eigenvalue weighted by Crippen LogP contribution is 2.44. The van der Waals surface area contributed by atoms with E-state index in [0.717, 1.165) is 39.1 Å². The second kappa shape index (κ2) is 14.2. The third-order valence-corrected chi connectivity index (χ3v) is 10.3. The zero-order valence-electron chi connectivity index (χ0n) is 28.5. The van der Waals surface area contributed by atoms with E-state index in [1.165, 1.54) is 11.3 Å². The van der Waals surface area contributed by atoms with Crippen LogP contribution in [0.4, 0.5) is 0 Å². The smallest absolute Gasteiger partial charge is 0.344 e. The summed E-state index contributed by atoms with van der Waals surface area (Å²) in [4.78, 5) is 44.5. The Morgan fingerprint density at radius 3 is 2.49 bits per heavy atom. The maximum absolute atomic E-state index is 14.3. The van der Waals surface area contributed by atoms with Gasteiger partial charge in [0.25, 0.3) is 5.56 Å². The Morgan fingerprint density at radius 1 is 0.868 bits per heavy atom. The minimum atomic E-state index is -1.08. The molecule has 1 N–H and O–H groups in total. The molecule has 8 rings (SSSR count). The Bertz CT molecular complexity index is 2620. The number of thiazole rings is 1. The molecule has 1 aromatic heterocycles. The first-order valence-corrected chi connectivity index (χ1v) is 17.8. The molecule has 0 saturated carbocycles. The maximum atomic E-state index is 14.3. The van der Waals surface area contributed by atoms with Crippen molar-refractivity contribution in [1.29, 1.82) is 0 Å². The molecule has 1 unspecified atom stereocenters. The van der Waals surface area contributed by atoms with Gasteiger partial charge < -0.3 is 19.3 Å². The molecule has 2 heterocycles. The van der Waals surface area contributed by atoms with Gasteiger partial charge in [-0.1, -0.05) is 90.2 Å². The van der Waals surface area contributed by atoms with Crippen LogP contribution < -0.4 is 29.1 Å². The summed E-state index contributed by atoms with van der Waals surface area (Å²) in [6.45, 7) is -0.469. The third kappa shape index (κ3) is 6.56. The molecule has 1 aliphatic heterocycles. The highest BCUT2D eigenvalue weighted by Gasteiger charge is 2.34. The molecule has 1 aliphatic carbocycles. The first-order valence-electron chi connectivity index (χ1n) is 17.0. The van der Waals surface area contributed by atoms with E-state index < -0.39 is 24.6 Å². The Balaban J connectivity index is 1.19. The van der Waals surface area contributed by atoms with E-state index in [4.69, 9.17) is 24.3 Å². The predicted octanol–water partition coefficient (Wildman–Crippen LogP) is 6.68. The highest BCUT2D eigenvalue weighted by molar-refractivity contribution is 7.07. The Kier molecular flexibility index (Phi) is 9.03. The largest absolute Gasteiger partial charge is 0.496 e. The summed E-state index contributed by atoms with van der Waals surface area (Å²) in [5, 5.41) is 9.03. The van der Waals surface area contributed by atoms with Gasteiger partial charge in [-0.15, -0.1) is 0 Å². The summed E-state index contributed by atoms with van der Waals surface area (Å²) >= 11 is 1.28. The van der Waals surface area contributed by atoms with Crippen LogP contribution in [0.2, 0.25) is 0 Å². The molecule has 10 heteroatoms. The molecule has 262 valence electrons. The molecule has 6 aromatic rings. The number of aliphatic carboxylic acids is 1. The van der Waals surface area contributed by atoms with Crippen LogP contribution in [0.15, 0.2) is 137 Å². The fraction of sp³-hybridized carbons (Fsp3) is 0.116. The molecule has 9 nitrogen and oxygen atoms in total. The molecule has 0 saturated heterocycles. The maximum Gasteiger partial charge on any atom is 0.344 e. The average molecular weight is 721 g/mol. The number of esters is 1. The van der Waals surface area contributed by atoms with Crippen LogP contribution in [0.1, 0.15) is 45.1 Å². The first-order chi connectivity index (χ1) is 25.9. The molecule has 2 aliphatic rings. The van der Waals surface area contributed by atoms with Crippen molar-refractivity contribution in [2.24, 2.45) is 4.99 Å². The second-order valence-corrected chi connectivity index (χ2v) is 13.6. The van der Waals surface area contributed by atoms with Gasteiger partial charge in [0.2, 0.25) is 0 Å². The van der Waals surface area contributed by atoms with Crippen LogP contribution in [0.25, 0.3) is 22.9 Å². The van der Waals surface area contributed by atoms with Crippen molar-refractivity contribution in [3.05, 3.63) is 174 Å². The number of hydrogen-bond donors (Lipinski definition) is 1. The van der Waals surface area contributed by atoms with Gasteiger partial charge in [-0.25, -0.2) is 14.6 Å². The van der Waals surface area contributed by atoms with E-state index in [1.54, 1.807) is 48.1 Å². The number of carbonyl (C=O) groups is 2. The zero-order valence-corrected chi connectivity index (χ0v) is 29.3. The van der Waals surface area contributed by atoms with Crippen molar-refractivity contribution < 1.29 is 28.9 Å². The lowest BCUT2D eigenvalue weighted by atomic mass is 9.83. The van der Waals surface area contributed by atoms with E-state index in [2.05, 4.69) is 0 Å². The molecule has 5 aromatic carbocycles. The SMILES string of the molecule is COc1ccccc1C1C2=C(N=c3s/c(=C\c4cccc(OCC(=O)O)c4)c(=O)n31)c1ccc(OC(=O)c3ccccc3-c3ccccc3)cc1CC2. The number of fused-ring (bicyclic) bond motifs is 3. The van der Waals surface area contributed by atoms with Gasteiger partial charge in [0.15, 0.2) is 11.4 Å². The monoisotopic (exact) mass is 720 g/mol. The van der Waals surface area contributed by atoms with Crippen LogP contribution in [0.3, 0.4) is 0 Å². The summed E-state index contributed by atoms with van der Waals surface area (Å²) in [5.41, 5.74) is 7.23. The van der Waals surface area contributed by atoms with Crippen molar-refractivity contribution in [2.45, 2.75) is 18.9 Å². The second-order valence-electron chi connectivity index (χ2n) is 12.6. The molecule has 53 heavy (non-hydrogen) atoms. The van der Waals surface area contributed by atoms with Gasteiger partial charge in [-0.05, 0) is 89.2 Å². The predicted molar refractivity (Wildman–Crippen MR) is 202 cm³/mol. The number of aryl methyl sites for hydroxylation is 1. The summed E-state index contributed by atoms with van der Waals surface area (Å²) in [5.74, 6) is -0.0277. The lowest BCUT2D eigenvalue weighted by molar-refractivity contribution is -0.139. The number of carboxylic acids is 1. The van der Waals surface area contributed by atoms with E-state index in [-0.39, 0.29) is 5.56 Å². The molecule has 0 bridgehead atoms. The van der Waals surface area contributed by atoms with Crippen molar-refractivity contribution in [3.8, 4) is 28.4 Å². The zero-order chi connectivity index (χ0) is 36.5. The van der Waals surface area contributed by atoms with Crippen LogP contribution in [-0.2, 0) is 11.2 Å². The molecule has 1 atom stereocenters. The summed E-state index contributed by atoms with van der Waals surface area (Å²) in [6.07, 6.45) is 3.04. The molecular formula is C43H32N2O7S. The number of benzene rings is 5. The van der Waals surface area contributed by atoms with E-state index in [1.807, 2.05) is 91.0 Å². The van der Waals surface area contributed by atoms with Gasteiger partial charge in [0.1, 0.15) is 17.2 Å². The molecular weight excluding hydrogens is 689 g/mol. The fourth-order valence-corrected chi connectivity index (χ4v) is 7.98. The quantitative estimate of drug-likeness (QED) is 0.131. The number of hydrogen-bond acceptors (Lipinski definition) is 8. The number of carbonyl (C=O) groups excluding carboxylic acids is 1. The van der Waals surface area contributed by atoms with Gasteiger partial charge in [-0.3, -0.25) is 9.36 Å². The summed E-state index contributed by atoms with van der Waals surface area (Å²) in [7, 11) is 1.62. The molecule has 0 amide bonds. The number of aromatic nitrogens is 1. The Labute approximate surface area is 308 Å². The summed E-state index contributed by atoms with van der Waals surface area (Å²) in [6, 6.07) is 37.0. The van der Waals surface area contributed by atoms with Crippen LogP contribution in [0.5, 0.6) is 17.2 Å². The van der Waals surface area contributed by atoms with Gasteiger partial charge in [0, 0.05) is 11.1 Å². The lowest BCUT2D eigenvalue weighted by Gasteiger charge is -2.31. The first kappa shape index (κ1) is 33.6. The van der Waals surface area contributed by atoms with Crippen LogP contribution >= 0.6 is 11.3 Å². The Morgan fingerprint density at radius 2 is 1.66 bits per heavy atom. The fourth-order valence-electron chi connectivity index (χ4n) is 6.98. The minimum absolute atomic E-state index is 0.197. The van der Waals surface area contributed by atoms with Gasteiger partial charge in [0.05, 0.1) is 28.9 Å². The van der Waals surface area contributed by atoms with Crippen LogP contribution in [-0.4, -0.2) is 35.3 Å². The van der Waals surface area contributed by atoms with Crippen molar-refractivity contribution >= 4 is 35.0 Å². The number of rotatable bonds is 9. The number of nitrogens with zero attached hydrogens (tertiary/aromatic N) is 2.